The first kappa shape index (κ1) is 11.9. The third kappa shape index (κ3) is 2.89. The van der Waals surface area contributed by atoms with E-state index in [1.54, 1.807) is 0 Å². The maximum absolute atomic E-state index is 11.0. The van der Waals surface area contributed by atoms with Crippen molar-refractivity contribution in [2.24, 2.45) is 5.92 Å². The van der Waals surface area contributed by atoms with Gasteiger partial charge in [-0.1, -0.05) is 20.8 Å². The van der Waals surface area contributed by atoms with E-state index in [1.807, 2.05) is 25.6 Å². The van der Waals surface area contributed by atoms with Crippen molar-refractivity contribution in [2.45, 2.75) is 44.5 Å². The second-order valence-electron chi connectivity index (χ2n) is 4.20. The smallest absolute Gasteiger partial charge is 0.320 e. The number of carbonyl (C=O) groups is 1. The van der Waals surface area contributed by atoms with Gasteiger partial charge in [0.15, 0.2) is 0 Å². The van der Waals surface area contributed by atoms with Crippen LogP contribution in [0.3, 0.4) is 0 Å². The Hall–Kier alpha value is -0.220. The quantitative estimate of drug-likeness (QED) is 0.750. The number of carboxylic acids is 1. The Morgan fingerprint density at radius 1 is 1.57 bits per heavy atom. The summed E-state index contributed by atoms with van der Waals surface area (Å²) >= 11 is 1.92. The summed E-state index contributed by atoms with van der Waals surface area (Å²) in [5.41, 5.74) is 0. The van der Waals surface area contributed by atoms with E-state index in [2.05, 4.69) is 12.2 Å². The van der Waals surface area contributed by atoms with E-state index in [-0.39, 0.29) is 5.92 Å². The maximum Gasteiger partial charge on any atom is 0.320 e. The molecule has 0 bridgehead atoms. The molecule has 0 spiro atoms. The third-order valence-electron chi connectivity index (χ3n) is 2.70. The lowest BCUT2D eigenvalue weighted by Crippen LogP contribution is -2.48. The molecule has 0 radical (unpaired) electrons. The molecule has 14 heavy (non-hydrogen) atoms. The second-order valence-corrected chi connectivity index (χ2v) is 5.68. The van der Waals surface area contributed by atoms with Crippen LogP contribution in [-0.4, -0.2) is 34.2 Å². The maximum atomic E-state index is 11.0. The Kier molecular flexibility index (Phi) is 4.26. The van der Waals surface area contributed by atoms with E-state index in [1.165, 1.54) is 0 Å². The Bertz CT molecular complexity index is 208. The molecule has 3 nitrogen and oxygen atoms in total. The van der Waals surface area contributed by atoms with Gasteiger partial charge in [-0.25, -0.2) is 0 Å². The van der Waals surface area contributed by atoms with Gasteiger partial charge < -0.3 is 10.4 Å². The minimum absolute atomic E-state index is 0.144. The molecule has 2 N–H and O–H groups in total. The van der Waals surface area contributed by atoms with Crippen molar-refractivity contribution in [1.82, 2.24) is 5.32 Å². The SMILES string of the molecule is CC(C)C(NC1CCSC1C)C(=O)O. The Morgan fingerprint density at radius 2 is 2.21 bits per heavy atom. The number of hydrogen-bond acceptors (Lipinski definition) is 3. The highest BCUT2D eigenvalue weighted by Gasteiger charge is 2.30. The van der Waals surface area contributed by atoms with Crippen LogP contribution in [0.5, 0.6) is 0 Å². The molecule has 1 aliphatic rings. The summed E-state index contributed by atoms with van der Waals surface area (Å²) in [5.74, 6) is 0.554. The van der Waals surface area contributed by atoms with Crippen LogP contribution in [0.1, 0.15) is 27.2 Å². The van der Waals surface area contributed by atoms with Gasteiger partial charge in [-0.15, -0.1) is 0 Å². The van der Waals surface area contributed by atoms with Crippen LogP contribution in [0.25, 0.3) is 0 Å². The fourth-order valence-electron chi connectivity index (χ4n) is 1.73. The summed E-state index contributed by atoms with van der Waals surface area (Å²) in [7, 11) is 0. The van der Waals surface area contributed by atoms with E-state index in [4.69, 9.17) is 5.11 Å². The zero-order valence-corrected chi connectivity index (χ0v) is 9.80. The number of aliphatic carboxylic acids is 1. The van der Waals surface area contributed by atoms with Gasteiger partial charge >= 0.3 is 5.97 Å². The van der Waals surface area contributed by atoms with Crippen LogP contribution in [0, 0.1) is 5.92 Å². The lowest BCUT2D eigenvalue weighted by atomic mass is 10.0. The molecule has 0 aromatic carbocycles. The number of nitrogens with one attached hydrogen (secondary N) is 1. The molecule has 1 fully saturated rings. The summed E-state index contributed by atoms with van der Waals surface area (Å²) < 4.78 is 0. The molecule has 0 aromatic heterocycles. The van der Waals surface area contributed by atoms with E-state index in [0.29, 0.717) is 11.3 Å². The van der Waals surface area contributed by atoms with Crippen LogP contribution in [-0.2, 0) is 4.79 Å². The first-order valence-electron chi connectivity index (χ1n) is 5.13. The lowest BCUT2D eigenvalue weighted by Gasteiger charge is -2.24. The minimum atomic E-state index is -0.732. The average molecular weight is 217 g/mol. The normalized spacial score (nSPS) is 29.4. The fourth-order valence-corrected chi connectivity index (χ4v) is 2.94. The van der Waals surface area contributed by atoms with Crippen LogP contribution in [0.2, 0.25) is 0 Å². The molecule has 1 rings (SSSR count). The highest BCUT2D eigenvalue weighted by molar-refractivity contribution is 8.00. The van der Waals surface area contributed by atoms with Gasteiger partial charge in [-0.3, -0.25) is 4.79 Å². The van der Waals surface area contributed by atoms with Gasteiger partial charge in [-0.05, 0) is 18.1 Å². The van der Waals surface area contributed by atoms with Crippen molar-refractivity contribution in [3.63, 3.8) is 0 Å². The first-order chi connectivity index (χ1) is 6.52. The van der Waals surface area contributed by atoms with Gasteiger partial charge in [-0.2, -0.15) is 11.8 Å². The van der Waals surface area contributed by atoms with E-state index < -0.39 is 12.0 Å². The fraction of sp³-hybridized carbons (Fsp3) is 0.900. The molecule has 0 aliphatic carbocycles. The highest BCUT2D eigenvalue weighted by atomic mass is 32.2. The van der Waals surface area contributed by atoms with Crippen molar-refractivity contribution in [3.05, 3.63) is 0 Å². The minimum Gasteiger partial charge on any atom is -0.480 e. The molecule has 3 unspecified atom stereocenters. The summed E-state index contributed by atoms with van der Waals surface area (Å²) in [6.45, 7) is 6.05. The molecule has 0 aromatic rings. The largest absolute Gasteiger partial charge is 0.480 e. The second kappa shape index (κ2) is 5.03. The molecule has 1 heterocycles. The van der Waals surface area contributed by atoms with Crippen LogP contribution in [0.15, 0.2) is 0 Å². The molecule has 3 atom stereocenters. The summed E-state index contributed by atoms with van der Waals surface area (Å²) in [5, 5.41) is 12.8. The summed E-state index contributed by atoms with van der Waals surface area (Å²) in [4.78, 5) is 11.0. The summed E-state index contributed by atoms with van der Waals surface area (Å²) in [6.07, 6.45) is 1.09. The van der Waals surface area contributed by atoms with Crippen molar-refractivity contribution in [2.75, 3.05) is 5.75 Å². The number of carboxylic acid groups (broad SMARTS) is 1. The molecule has 1 saturated heterocycles. The molecule has 1 aliphatic heterocycles. The van der Waals surface area contributed by atoms with Crippen molar-refractivity contribution >= 4 is 17.7 Å². The van der Waals surface area contributed by atoms with E-state index in [9.17, 15) is 4.79 Å². The van der Waals surface area contributed by atoms with Gasteiger partial charge in [0.2, 0.25) is 0 Å². The summed E-state index contributed by atoms with van der Waals surface area (Å²) in [6, 6.07) is -0.0374. The molecular weight excluding hydrogens is 198 g/mol. The Labute approximate surface area is 89.6 Å². The Morgan fingerprint density at radius 3 is 2.57 bits per heavy atom. The van der Waals surface area contributed by atoms with Gasteiger partial charge in [0.05, 0.1) is 0 Å². The monoisotopic (exact) mass is 217 g/mol. The van der Waals surface area contributed by atoms with E-state index >= 15 is 0 Å². The predicted octanol–water partition coefficient (Wildman–Crippen LogP) is 1.58. The lowest BCUT2D eigenvalue weighted by molar-refractivity contribution is -0.140. The zero-order valence-electron chi connectivity index (χ0n) is 8.99. The van der Waals surface area contributed by atoms with Crippen LogP contribution < -0.4 is 5.32 Å². The molecule has 82 valence electrons. The number of hydrogen-bond donors (Lipinski definition) is 2. The first-order valence-corrected chi connectivity index (χ1v) is 6.17. The third-order valence-corrected chi connectivity index (χ3v) is 4.03. The van der Waals surface area contributed by atoms with Gasteiger partial charge in [0, 0.05) is 11.3 Å². The van der Waals surface area contributed by atoms with Crippen molar-refractivity contribution < 1.29 is 9.90 Å². The van der Waals surface area contributed by atoms with Gasteiger partial charge in [0.25, 0.3) is 0 Å². The van der Waals surface area contributed by atoms with Gasteiger partial charge in [0.1, 0.15) is 6.04 Å². The molecular formula is C10H19NO2S. The van der Waals surface area contributed by atoms with Crippen molar-refractivity contribution in [1.29, 1.82) is 0 Å². The number of rotatable bonds is 4. The van der Waals surface area contributed by atoms with Crippen molar-refractivity contribution in [3.8, 4) is 0 Å². The standard InChI is InChI=1S/C10H19NO2S/c1-6(2)9(10(12)13)11-8-4-5-14-7(8)3/h6-9,11H,4-5H2,1-3H3,(H,12,13). The van der Waals surface area contributed by atoms with E-state index in [0.717, 1.165) is 12.2 Å². The predicted molar refractivity (Wildman–Crippen MR) is 59.7 cm³/mol. The molecule has 0 saturated carbocycles. The Balaban J connectivity index is 2.50. The zero-order chi connectivity index (χ0) is 10.7. The molecule has 0 amide bonds. The average Bonchev–Trinajstić information content (AvgIpc) is 2.46. The number of thioether (sulfide) groups is 1. The highest BCUT2D eigenvalue weighted by Crippen LogP contribution is 2.26. The molecule has 4 heteroatoms. The topological polar surface area (TPSA) is 49.3 Å². The van der Waals surface area contributed by atoms with Crippen LogP contribution >= 0.6 is 11.8 Å². The van der Waals surface area contributed by atoms with Crippen LogP contribution in [0.4, 0.5) is 0 Å².